The Kier molecular flexibility index (Phi) is 3.94. The summed E-state index contributed by atoms with van der Waals surface area (Å²) in [6, 6.07) is 8.11. The Morgan fingerprint density at radius 2 is 1.88 bits per heavy atom. The summed E-state index contributed by atoms with van der Waals surface area (Å²) < 4.78 is 13.4. The molecule has 1 aliphatic carbocycles. The number of ether oxygens (including phenoxy) is 2. The first kappa shape index (κ1) is 16.1. The summed E-state index contributed by atoms with van der Waals surface area (Å²) in [7, 11) is 0. The lowest BCUT2D eigenvalue weighted by atomic mass is 10.1. The molecule has 4 rings (SSSR count). The predicted molar refractivity (Wildman–Crippen MR) is 95.9 cm³/mol. The van der Waals surface area contributed by atoms with Crippen molar-refractivity contribution in [3.05, 3.63) is 41.2 Å². The predicted octanol–water partition coefficient (Wildman–Crippen LogP) is 3.39. The summed E-state index contributed by atoms with van der Waals surface area (Å²) in [6.07, 6.45) is 2.44. The van der Waals surface area contributed by atoms with E-state index in [4.69, 9.17) is 9.47 Å². The maximum Gasteiger partial charge on any atom is 0.253 e. The van der Waals surface area contributed by atoms with E-state index in [2.05, 4.69) is 16.8 Å². The average Bonchev–Trinajstić information content (AvgIpc) is 3.40. The molecule has 0 bridgehead atoms. The molecule has 1 N–H and O–H groups in total. The highest BCUT2D eigenvalue weighted by atomic mass is 16.6. The highest BCUT2D eigenvalue weighted by Crippen LogP contribution is 2.34. The fraction of sp³-hybridized carbons (Fsp3) is 0.450. The number of hydrogen-bond donors (Lipinski definition) is 1. The quantitative estimate of drug-likeness (QED) is 0.928. The van der Waals surface area contributed by atoms with Gasteiger partial charge in [-0.15, -0.1) is 0 Å². The second-order valence-electron chi connectivity index (χ2n) is 7.05. The van der Waals surface area contributed by atoms with Crippen LogP contribution in [-0.2, 0) is 0 Å². The van der Waals surface area contributed by atoms with E-state index >= 15 is 0 Å². The molecule has 1 aromatic carbocycles. The normalized spacial score (nSPS) is 17.2. The number of nitrogens with zero attached hydrogens (tertiary/aromatic N) is 1. The molecule has 5 heteroatoms. The zero-order valence-corrected chi connectivity index (χ0v) is 15.0. The van der Waals surface area contributed by atoms with Gasteiger partial charge >= 0.3 is 0 Å². The van der Waals surface area contributed by atoms with Crippen LogP contribution in [0.3, 0.4) is 0 Å². The molecule has 1 aromatic heterocycles. The van der Waals surface area contributed by atoms with Crippen LogP contribution in [-0.4, -0.2) is 29.7 Å². The van der Waals surface area contributed by atoms with Crippen molar-refractivity contribution < 1.29 is 14.3 Å². The third-order valence-corrected chi connectivity index (χ3v) is 5.15. The number of amides is 1. The smallest absolute Gasteiger partial charge is 0.253 e. The van der Waals surface area contributed by atoms with Crippen LogP contribution in [0, 0.1) is 19.8 Å². The van der Waals surface area contributed by atoms with Crippen LogP contribution >= 0.6 is 0 Å². The number of benzene rings is 1. The third-order valence-electron chi connectivity index (χ3n) is 5.15. The molecular formula is C20H24N2O3. The van der Waals surface area contributed by atoms with Crippen LogP contribution in [0.25, 0.3) is 5.69 Å². The average molecular weight is 340 g/mol. The van der Waals surface area contributed by atoms with Crippen LogP contribution in [0.4, 0.5) is 0 Å². The largest absolute Gasteiger partial charge is 0.486 e. The van der Waals surface area contributed by atoms with Crippen molar-refractivity contribution in [2.75, 3.05) is 13.2 Å². The summed E-state index contributed by atoms with van der Waals surface area (Å²) in [6.45, 7) is 7.24. The van der Waals surface area contributed by atoms with Crippen LogP contribution in [0.15, 0.2) is 24.3 Å². The molecular weight excluding hydrogens is 316 g/mol. The van der Waals surface area contributed by atoms with Gasteiger partial charge in [-0.2, -0.15) is 0 Å². The van der Waals surface area contributed by atoms with Gasteiger partial charge in [0, 0.05) is 29.2 Å². The molecule has 2 heterocycles. The van der Waals surface area contributed by atoms with E-state index in [0.29, 0.717) is 19.1 Å². The number of hydrogen-bond acceptors (Lipinski definition) is 3. The Morgan fingerprint density at radius 1 is 1.16 bits per heavy atom. The van der Waals surface area contributed by atoms with Gasteiger partial charge in [0.25, 0.3) is 5.91 Å². The Labute approximate surface area is 147 Å². The molecule has 0 saturated heterocycles. The molecule has 2 aromatic rings. The van der Waals surface area contributed by atoms with E-state index in [1.807, 2.05) is 38.1 Å². The minimum Gasteiger partial charge on any atom is -0.486 e. The van der Waals surface area contributed by atoms with Gasteiger partial charge in [0.1, 0.15) is 13.2 Å². The lowest BCUT2D eigenvalue weighted by Gasteiger charge is -2.20. The minimum atomic E-state index is 0.0105. The fourth-order valence-corrected chi connectivity index (χ4v) is 3.56. The number of nitrogens with one attached hydrogen (secondary N) is 1. The van der Waals surface area contributed by atoms with Gasteiger partial charge in [-0.25, -0.2) is 0 Å². The van der Waals surface area contributed by atoms with Gasteiger partial charge in [-0.3, -0.25) is 4.79 Å². The van der Waals surface area contributed by atoms with Gasteiger partial charge < -0.3 is 19.4 Å². The molecule has 5 nitrogen and oxygen atoms in total. The first-order chi connectivity index (χ1) is 12.0. The van der Waals surface area contributed by atoms with Gasteiger partial charge in [0.05, 0.1) is 5.56 Å². The highest BCUT2D eigenvalue weighted by Gasteiger charge is 2.30. The van der Waals surface area contributed by atoms with Gasteiger partial charge in [-0.05, 0) is 57.7 Å². The van der Waals surface area contributed by atoms with E-state index < -0.39 is 0 Å². The zero-order chi connectivity index (χ0) is 17.6. The summed E-state index contributed by atoms with van der Waals surface area (Å²) in [5.41, 5.74) is 3.68. The van der Waals surface area contributed by atoms with Crippen LogP contribution in [0.1, 0.15) is 41.5 Å². The van der Waals surface area contributed by atoms with E-state index in [1.165, 1.54) is 12.8 Å². The van der Waals surface area contributed by atoms with Crippen molar-refractivity contribution in [2.24, 2.45) is 5.92 Å². The Hall–Kier alpha value is -2.43. The number of aryl methyl sites for hydroxylation is 1. The maximum absolute atomic E-state index is 12.7. The molecule has 1 amide bonds. The van der Waals surface area contributed by atoms with Crippen molar-refractivity contribution in [3.63, 3.8) is 0 Å². The molecule has 0 radical (unpaired) electrons. The van der Waals surface area contributed by atoms with E-state index in [0.717, 1.165) is 34.1 Å². The summed E-state index contributed by atoms with van der Waals surface area (Å²) in [5.74, 6) is 2.18. The highest BCUT2D eigenvalue weighted by molar-refractivity contribution is 5.96. The number of carbonyl (C=O) groups is 1. The topological polar surface area (TPSA) is 52.5 Å². The molecule has 1 fully saturated rings. The number of fused-ring (bicyclic) bond motifs is 1. The summed E-state index contributed by atoms with van der Waals surface area (Å²) in [5, 5.41) is 3.14. The van der Waals surface area contributed by atoms with E-state index in [9.17, 15) is 4.79 Å². The molecule has 25 heavy (non-hydrogen) atoms. The van der Waals surface area contributed by atoms with E-state index in [1.54, 1.807) is 0 Å². The van der Waals surface area contributed by atoms with Crippen LogP contribution in [0.5, 0.6) is 11.5 Å². The number of carbonyl (C=O) groups excluding carboxylic acids is 1. The first-order valence-electron chi connectivity index (χ1n) is 8.94. The molecule has 1 aliphatic heterocycles. The zero-order valence-electron chi connectivity index (χ0n) is 15.0. The monoisotopic (exact) mass is 340 g/mol. The second kappa shape index (κ2) is 6.14. The van der Waals surface area contributed by atoms with Crippen molar-refractivity contribution in [3.8, 4) is 17.2 Å². The van der Waals surface area contributed by atoms with Crippen molar-refractivity contribution in [1.82, 2.24) is 9.88 Å². The molecule has 0 spiro atoms. The van der Waals surface area contributed by atoms with Gasteiger partial charge in [0.2, 0.25) is 0 Å². The maximum atomic E-state index is 12.7. The van der Waals surface area contributed by atoms with Crippen LogP contribution < -0.4 is 14.8 Å². The fourth-order valence-electron chi connectivity index (χ4n) is 3.56. The third kappa shape index (κ3) is 2.99. The lowest BCUT2D eigenvalue weighted by molar-refractivity contribution is 0.0935. The Balaban J connectivity index is 1.64. The Bertz CT molecular complexity index is 821. The van der Waals surface area contributed by atoms with Crippen molar-refractivity contribution in [2.45, 2.75) is 39.7 Å². The SMILES string of the molecule is Cc1cc(C(=O)NC(C)C2CC2)c(C)n1-c1ccc2c(c1)OCCO2. The van der Waals surface area contributed by atoms with Crippen molar-refractivity contribution in [1.29, 1.82) is 0 Å². The standard InChI is InChI=1S/C20H24N2O3/c1-12-10-17(20(23)21-13(2)15-4-5-15)14(3)22(12)16-6-7-18-19(11-16)25-9-8-24-18/h6-7,10-11,13,15H,4-5,8-9H2,1-3H3,(H,21,23). The number of aromatic nitrogens is 1. The summed E-state index contributed by atoms with van der Waals surface area (Å²) >= 11 is 0. The lowest BCUT2D eigenvalue weighted by Crippen LogP contribution is -2.34. The van der Waals surface area contributed by atoms with Gasteiger partial charge in [0.15, 0.2) is 11.5 Å². The Morgan fingerprint density at radius 3 is 2.60 bits per heavy atom. The van der Waals surface area contributed by atoms with Crippen molar-refractivity contribution >= 4 is 5.91 Å². The molecule has 1 atom stereocenters. The molecule has 1 saturated carbocycles. The minimum absolute atomic E-state index is 0.0105. The molecule has 1 unspecified atom stereocenters. The first-order valence-corrected chi connectivity index (χ1v) is 8.94. The van der Waals surface area contributed by atoms with E-state index in [-0.39, 0.29) is 11.9 Å². The number of rotatable bonds is 4. The molecule has 132 valence electrons. The summed E-state index contributed by atoms with van der Waals surface area (Å²) in [4.78, 5) is 12.7. The molecule has 2 aliphatic rings. The second-order valence-corrected chi connectivity index (χ2v) is 7.05. The van der Waals surface area contributed by atoms with Crippen LogP contribution in [0.2, 0.25) is 0 Å². The van der Waals surface area contributed by atoms with Gasteiger partial charge in [-0.1, -0.05) is 0 Å².